The van der Waals surface area contributed by atoms with E-state index in [1.807, 2.05) is 19.9 Å². The van der Waals surface area contributed by atoms with Crippen LogP contribution in [-0.2, 0) is 12.1 Å². The average molecular weight is 229 g/mol. The van der Waals surface area contributed by atoms with Crippen LogP contribution in [0.15, 0.2) is 30.5 Å². The Morgan fingerprint density at radius 1 is 1.29 bits per heavy atom. The summed E-state index contributed by atoms with van der Waals surface area (Å²) < 4.78 is 2.32. The zero-order chi connectivity index (χ0) is 12.0. The first-order valence-electron chi connectivity index (χ1n) is 6.36. The molecule has 0 spiro atoms. The average Bonchev–Trinajstić information content (AvgIpc) is 2.98. The van der Waals surface area contributed by atoms with E-state index in [0.29, 0.717) is 0 Å². The van der Waals surface area contributed by atoms with Crippen molar-refractivity contribution in [2.75, 3.05) is 0 Å². The molecule has 0 atom stereocenters. The van der Waals surface area contributed by atoms with Gasteiger partial charge in [-0.15, -0.1) is 0 Å². The molecule has 2 nitrogen and oxygen atoms in total. The second-order valence-corrected chi connectivity index (χ2v) is 5.74. The summed E-state index contributed by atoms with van der Waals surface area (Å²) in [7, 11) is 0. The smallest absolute Gasteiger partial charge is 0.0841 e. The fraction of sp³-hybridized carbons (Fsp3) is 0.467. The maximum Gasteiger partial charge on any atom is 0.0841 e. The van der Waals surface area contributed by atoms with Crippen molar-refractivity contribution >= 4 is 10.9 Å². The molecular weight excluding hydrogens is 210 g/mol. The Morgan fingerprint density at radius 3 is 2.71 bits per heavy atom. The van der Waals surface area contributed by atoms with Gasteiger partial charge in [0.15, 0.2) is 0 Å². The Labute approximate surface area is 102 Å². The molecule has 1 aromatic carbocycles. The van der Waals surface area contributed by atoms with Crippen molar-refractivity contribution in [3.63, 3.8) is 0 Å². The van der Waals surface area contributed by atoms with E-state index in [-0.39, 0.29) is 0 Å². The lowest BCUT2D eigenvalue weighted by atomic mass is 9.97. The van der Waals surface area contributed by atoms with E-state index in [2.05, 4.69) is 29.0 Å². The topological polar surface area (TPSA) is 25.2 Å². The summed E-state index contributed by atoms with van der Waals surface area (Å²) in [5, 5.41) is 11.3. The minimum Gasteiger partial charge on any atom is -0.386 e. The van der Waals surface area contributed by atoms with Gasteiger partial charge in [0.2, 0.25) is 0 Å². The summed E-state index contributed by atoms with van der Waals surface area (Å²) in [6.07, 6.45) is 4.90. The summed E-state index contributed by atoms with van der Waals surface area (Å²) in [5.74, 6) is 0.872. The Kier molecular flexibility index (Phi) is 2.30. The molecule has 17 heavy (non-hydrogen) atoms. The van der Waals surface area contributed by atoms with Gasteiger partial charge >= 0.3 is 0 Å². The molecule has 1 heterocycles. The van der Waals surface area contributed by atoms with Crippen LogP contribution in [0.2, 0.25) is 0 Å². The number of hydrogen-bond acceptors (Lipinski definition) is 1. The predicted molar refractivity (Wildman–Crippen MR) is 69.9 cm³/mol. The molecule has 0 radical (unpaired) electrons. The molecule has 2 heteroatoms. The molecular formula is C15H19NO. The highest BCUT2D eigenvalue weighted by molar-refractivity contribution is 5.81. The second-order valence-electron chi connectivity index (χ2n) is 5.74. The standard InChI is InChI=1S/C15H19NO/c1-15(2,17)13-6-5-12-7-8-16(14(12)9-13)10-11-3-4-11/h5-9,11,17H,3-4,10H2,1-2H3. The molecule has 0 unspecified atom stereocenters. The van der Waals surface area contributed by atoms with Crippen molar-refractivity contribution in [3.8, 4) is 0 Å². The monoisotopic (exact) mass is 229 g/mol. The van der Waals surface area contributed by atoms with Crippen LogP contribution in [0.5, 0.6) is 0 Å². The Hall–Kier alpha value is -1.28. The lowest BCUT2D eigenvalue weighted by Crippen LogP contribution is -2.15. The van der Waals surface area contributed by atoms with Crippen LogP contribution in [0.1, 0.15) is 32.3 Å². The fourth-order valence-electron chi connectivity index (χ4n) is 2.30. The summed E-state index contributed by atoms with van der Waals surface area (Å²) in [4.78, 5) is 0. The molecule has 0 saturated heterocycles. The third-order valence-corrected chi connectivity index (χ3v) is 3.63. The maximum atomic E-state index is 10.1. The summed E-state index contributed by atoms with van der Waals surface area (Å²) in [6, 6.07) is 8.40. The molecule has 1 saturated carbocycles. The number of nitrogens with zero attached hydrogens (tertiary/aromatic N) is 1. The predicted octanol–water partition coefficient (Wildman–Crippen LogP) is 3.28. The van der Waals surface area contributed by atoms with Gasteiger partial charge in [0.25, 0.3) is 0 Å². The molecule has 1 aliphatic carbocycles. The van der Waals surface area contributed by atoms with Crippen LogP contribution in [0.3, 0.4) is 0 Å². The van der Waals surface area contributed by atoms with E-state index in [1.165, 1.54) is 23.7 Å². The summed E-state index contributed by atoms with van der Waals surface area (Å²) in [6.45, 7) is 4.80. The number of rotatable bonds is 3. The van der Waals surface area contributed by atoms with Crippen LogP contribution < -0.4 is 0 Å². The first-order valence-corrected chi connectivity index (χ1v) is 6.36. The van der Waals surface area contributed by atoms with Gasteiger partial charge in [0, 0.05) is 18.3 Å². The van der Waals surface area contributed by atoms with Crippen molar-refractivity contribution < 1.29 is 5.11 Å². The van der Waals surface area contributed by atoms with Gasteiger partial charge in [0.05, 0.1) is 5.60 Å². The number of fused-ring (bicyclic) bond motifs is 1. The lowest BCUT2D eigenvalue weighted by Gasteiger charge is -2.18. The van der Waals surface area contributed by atoms with E-state index in [9.17, 15) is 5.11 Å². The Balaban J connectivity index is 2.05. The number of aromatic nitrogens is 1. The summed E-state index contributed by atoms with van der Waals surface area (Å²) >= 11 is 0. The Bertz CT molecular complexity index is 544. The maximum absolute atomic E-state index is 10.1. The highest BCUT2D eigenvalue weighted by atomic mass is 16.3. The van der Waals surface area contributed by atoms with E-state index in [4.69, 9.17) is 0 Å². The molecule has 1 N–H and O–H groups in total. The van der Waals surface area contributed by atoms with Gasteiger partial charge in [-0.25, -0.2) is 0 Å². The second kappa shape index (κ2) is 3.61. The normalized spacial score (nSPS) is 16.6. The number of hydrogen-bond donors (Lipinski definition) is 1. The minimum absolute atomic E-state index is 0.761. The van der Waals surface area contributed by atoms with Crippen LogP contribution in [0.4, 0.5) is 0 Å². The number of aliphatic hydroxyl groups is 1. The van der Waals surface area contributed by atoms with Crippen LogP contribution in [0, 0.1) is 5.92 Å². The van der Waals surface area contributed by atoms with Crippen LogP contribution >= 0.6 is 0 Å². The van der Waals surface area contributed by atoms with Crippen molar-refractivity contribution in [2.24, 2.45) is 5.92 Å². The van der Waals surface area contributed by atoms with E-state index in [0.717, 1.165) is 18.0 Å². The molecule has 0 aliphatic heterocycles. The van der Waals surface area contributed by atoms with Gasteiger partial charge in [-0.3, -0.25) is 0 Å². The van der Waals surface area contributed by atoms with Crippen molar-refractivity contribution in [2.45, 2.75) is 38.8 Å². The molecule has 0 bridgehead atoms. The summed E-state index contributed by atoms with van der Waals surface area (Å²) in [5.41, 5.74) is 1.47. The van der Waals surface area contributed by atoms with Crippen molar-refractivity contribution in [1.29, 1.82) is 0 Å². The fourth-order valence-corrected chi connectivity index (χ4v) is 2.30. The minimum atomic E-state index is -0.761. The molecule has 3 rings (SSSR count). The van der Waals surface area contributed by atoms with E-state index < -0.39 is 5.60 Å². The van der Waals surface area contributed by atoms with Gasteiger partial charge in [-0.2, -0.15) is 0 Å². The third-order valence-electron chi connectivity index (χ3n) is 3.63. The highest BCUT2D eigenvalue weighted by Gasteiger charge is 2.22. The van der Waals surface area contributed by atoms with Crippen molar-refractivity contribution in [3.05, 3.63) is 36.0 Å². The lowest BCUT2D eigenvalue weighted by molar-refractivity contribution is 0.0787. The van der Waals surface area contributed by atoms with Crippen molar-refractivity contribution in [1.82, 2.24) is 4.57 Å². The van der Waals surface area contributed by atoms with E-state index >= 15 is 0 Å². The number of benzene rings is 1. The van der Waals surface area contributed by atoms with Crippen LogP contribution in [-0.4, -0.2) is 9.67 Å². The first kappa shape index (κ1) is 10.8. The molecule has 2 aromatic rings. The third kappa shape index (κ3) is 2.09. The van der Waals surface area contributed by atoms with Crippen LogP contribution in [0.25, 0.3) is 10.9 Å². The molecule has 1 fully saturated rings. The quantitative estimate of drug-likeness (QED) is 0.858. The molecule has 1 aromatic heterocycles. The van der Waals surface area contributed by atoms with Gasteiger partial charge in [0.1, 0.15) is 0 Å². The molecule has 1 aliphatic rings. The zero-order valence-electron chi connectivity index (χ0n) is 10.5. The first-order chi connectivity index (χ1) is 8.04. The molecule has 0 amide bonds. The largest absolute Gasteiger partial charge is 0.386 e. The highest BCUT2D eigenvalue weighted by Crippen LogP contribution is 2.32. The van der Waals surface area contributed by atoms with Gasteiger partial charge in [-0.05, 0) is 55.7 Å². The van der Waals surface area contributed by atoms with Gasteiger partial charge < -0.3 is 9.67 Å². The Morgan fingerprint density at radius 2 is 2.06 bits per heavy atom. The van der Waals surface area contributed by atoms with E-state index in [1.54, 1.807) is 0 Å². The molecule has 90 valence electrons. The zero-order valence-corrected chi connectivity index (χ0v) is 10.5. The van der Waals surface area contributed by atoms with Gasteiger partial charge in [-0.1, -0.05) is 12.1 Å². The SMILES string of the molecule is CC(C)(O)c1ccc2ccn(CC3CC3)c2c1.